The van der Waals surface area contributed by atoms with Crippen molar-refractivity contribution in [1.82, 2.24) is 10.6 Å². The lowest BCUT2D eigenvalue weighted by Gasteiger charge is -2.25. The zero-order valence-corrected chi connectivity index (χ0v) is 16.2. The first kappa shape index (κ1) is 20.3. The SMILES string of the molecule is CCOc1ccccc1C(=O)N[C@@H](C(=O)NC1CCCCCC1)C(C)C. The number of benzene rings is 1. The normalized spacial score (nSPS) is 16.6. The Hall–Kier alpha value is -2.04. The van der Waals surface area contributed by atoms with Gasteiger partial charge in [-0.15, -0.1) is 0 Å². The van der Waals surface area contributed by atoms with Crippen molar-refractivity contribution in [3.05, 3.63) is 29.8 Å². The fourth-order valence-corrected chi connectivity index (χ4v) is 3.40. The smallest absolute Gasteiger partial charge is 0.255 e. The van der Waals surface area contributed by atoms with Crippen LogP contribution in [0.3, 0.4) is 0 Å². The second-order valence-electron chi connectivity index (χ2n) is 7.32. The topological polar surface area (TPSA) is 67.4 Å². The minimum absolute atomic E-state index is 0.00369. The molecule has 5 nitrogen and oxygen atoms in total. The molecule has 0 spiro atoms. The van der Waals surface area contributed by atoms with E-state index in [0.29, 0.717) is 17.9 Å². The van der Waals surface area contributed by atoms with Crippen molar-refractivity contribution in [2.24, 2.45) is 5.92 Å². The van der Waals surface area contributed by atoms with E-state index in [4.69, 9.17) is 4.74 Å². The lowest BCUT2D eigenvalue weighted by Crippen LogP contribution is -2.52. The molecule has 1 fully saturated rings. The van der Waals surface area contributed by atoms with E-state index in [1.807, 2.05) is 26.8 Å². The van der Waals surface area contributed by atoms with Crippen LogP contribution in [-0.4, -0.2) is 30.5 Å². The molecule has 0 radical (unpaired) electrons. The highest BCUT2D eigenvalue weighted by molar-refractivity contribution is 5.99. The Morgan fingerprint density at radius 2 is 1.77 bits per heavy atom. The quantitative estimate of drug-likeness (QED) is 0.729. The number of carbonyl (C=O) groups excluding carboxylic acids is 2. The molecule has 0 unspecified atom stereocenters. The van der Waals surface area contributed by atoms with E-state index < -0.39 is 6.04 Å². The summed E-state index contributed by atoms with van der Waals surface area (Å²) in [4.78, 5) is 25.5. The van der Waals surface area contributed by atoms with Gasteiger partial charge in [-0.1, -0.05) is 51.7 Å². The number of hydrogen-bond donors (Lipinski definition) is 2. The maximum atomic E-state index is 12.8. The summed E-state index contributed by atoms with van der Waals surface area (Å²) in [5.41, 5.74) is 0.460. The van der Waals surface area contributed by atoms with Gasteiger partial charge in [0.25, 0.3) is 5.91 Å². The second-order valence-corrected chi connectivity index (χ2v) is 7.32. The van der Waals surface area contributed by atoms with Crippen molar-refractivity contribution in [3.8, 4) is 5.75 Å². The van der Waals surface area contributed by atoms with Crippen LogP contribution in [0.5, 0.6) is 5.75 Å². The summed E-state index contributed by atoms with van der Waals surface area (Å²) in [5, 5.41) is 6.06. The zero-order chi connectivity index (χ0) is 18.9. The standard InChI is InChI=1S/C21H32N2O3/c1-4-26-18-14-10-9-13-17(18)20(24)23-19(15(2)3)21(25)22-16-11-7-5-6-8-12-16/h9-10,13-16,19H,4-8,11-12H2,1-3H3,(H,22,25)(H,23,24)/t19-/m1/s1. The third kappa shape index (κ3) is 5.75. The number of rotatable bonds is 7. The molecular weight excluding hydrogens is 328 g/mol. The minimum atomic E-state index is -0.555. The van der Waals surface area contributed by atoms with E-state index >= 15 is 0 Å². The number of para-hydroxylation sites is 1. The zero-order valence-electron chi connectivity index (χ0n) is 16.2. The highest BCUT2D eigenvalue weighted by atomic mass is 16.5. The predicted octanol–water partition coefficient (Wildman–Crippen LogP) is 3.68. The van der Waals surface area contributed by atoms with Gasteiger partial charge in [0.05, 0.1) is 12.2 Å². The van der Waals surface area contributed by atoms with Gasteiger partial charge in [-0.2, -0.15) is 0 Å². The fraction of sp³-hybridized carbons (Fsp3) is 0.619. The first-order valence-electron chi connectivity index (χ1n) is 9.86. The molecule has 0 saturated heterocycles. The minimum Gasteiger partial charge on any atom is -0.493 e. The van der Waals surface area contributed by atoms with Crippen LogP contribution >= 0.6 is 0 Å². The highest BCUT2D eigenvalue weighted by Gasteiger charge is 2.27. The van der Waals surface area contributed by atoms with Crippen LogP contribution in [0.4, 0.5) is 0 Å². The van der Waals surface area contributed by atoms with Gasteiger partial charge >= 0.3 is 0 Å². The fourth-order valence-electron chi connectivity index (χ4n) is 3.40. The number of carbonyl (C=O) groups is 2. The van der Waals surface area contributed by atoms with Crippen molar-refractivity contribution in [2.45, 2.75) is 71.4 Å². The summed E-state index contributed by atoms with van der Waals surface area (Å²) in [6, 6.07) is 6.79. The molecule has 144 valence electrons. The molecule has 0 aromatic heterocycles. The van der Waals surface area contributed by atoms with Gasteiger partial charge in [0.15, 0.2) is 0 Å². The van der Waals surface area contributed by atoms with Crippen LogP contribution in [0.25, 0.3) is 0 Å². The van der Waals surface area contributed by atoms with Gasteiger partial charge < -0.3 is 15.4 Å². The van der Waals surface area contributed by atoms with E-state index in [1.54, 1.807) is 18.2 Å². The van der Waals surface area contributed by atoms with Gasteiger partial charge in [0.1, 0.15) is 11.8 Å². The molecule has 5 heteroatoms. The van der Waals surface area contributed by atoms with Crippen molar-refractivity contribution in [3.63, 3.8) is 0 Å². The number of nitrogens with one attached hydrogen (secondary N) is 2. The van der Waals surface area contributed by atoms with Crippen molar-refractivity contribution in [2.75, 3.05) is 6.61 Å². The van der Waals surface area contributed by atoms with Crippen molar-refractivity contribution in [1.29, 1.82) is 0 Å². The molecule has 2 amide bonds. The van der Waals surface area contributed by atoms with Crippen LogP contribution < -0.4 is 15.4 Å². The molecule has 0 bridgehead atoms. The Bertz CT molecular complexity index is 593. The van der Waals surface area contributed by atoms with Gasteiger partial charge in [0.2, 0.25) is 5.91 Å². The molecule has 1 aromatic rings. The molecular formula is C21H32N2O3. The average molecular weight is 360 g/mol. The lowest BCUT2D eigenvalue weighted by atomic mass is 10.0. The Kier molecular flexibility index (Phi) is 7.95. The predicted molar refractivity (Wildman–Crippen MR) is 103 cm³/mol. The van der Waals surface area contributed by atoms with E-state index in [1.165, 1.54) is 12.8 Å². The maximum absolute atomic E-state index is 12.8. The van der Waals surface area contributed by atoms with E-state index in [-0.39, 0.29) is 23.8 Å². The van der Waals surface area contributed by atoms with Crippen LogP contribution in [-0.2, 0) is 4.79 Å². The molecule has 2 rings (SSSR count). The summed E-state index contributed by atoms with van der Waals surface area (Å²) >= 11 is 0. The monoisotopic (exact) mass is 360 g/mol. The molecule has 1 aliphatic rings. The highest BCUT2D eigenvalue weighted by Crippen LogP contribution is 2.20. The van der Waals surface area contributed by atoms with Crippen molar-refractivity contribution >= 4 is 11.8 Å². The van der Waals surface area contributed by atoms with Crippen molar-refractivity contribution < 1.29 is 14.3 Å². The summed E-state index contributed by atoms with van der Waals surface area (Å²) in [7, 11) is 0. The second kappa shape index (κ2) is 10.2. The number of amides is 2. The van der Waals surface area contributed by atoms with Crippen LogP contribution in [0.15, 0.2) is 24.3 Å². The van der Waals surface area contributed by atoms with Gasteiger partial charge in [-0.25, -0.2) is 0 Å². The summed E-state index contributed by atoms with van der Waals surface area (Å²) in [6.45, 7) is 6.27. The molecule has 0 heterocycles. The first-order chi connectivity index (χ1) is 12.5. The number of hydrogen-bond acceptors (Lipinski definition) is 3. The molecule has 1 saturated carbocycles. The average Bonchev–Trinajstić information content (AvgIpc) is 2.88. The summed E-state index contributed by atoms with van der Waals surface area (Å²) < 4.78 is 5.53. The molecule has 1 aromatic carbocycles. The largest absolute Gasteiger partial charge is 0.493 e. The third-order valence-electron chi connectivity index (χ3n) is 4.87. The van der Waals surface area contributed by atoms with E-state index in [2.05, 4.69) is 10.6 Å². The van der Waals surface area contributed by atoms with Gasteiger partial charge in [0, 0.05) is 6.04 Å². The Labute approximate surface area is 156 Å². The molecule has 0 aliphatic heterocycles. The maximum Gasteiger partial charge on any atom is 0.255 e. The van der Waals surface area contributed by atoms with E-state index in [9.17, 15) is 9.59 Å². The van der Waals surface area contributed by atoms with Gasteiger partial charge in [-0.05, 0) is 37.8 Å². The van der Waals surface area contributed by atoms with Crippen LogP contribution in [0.1, 0.15) is 69.7 Å². The summed E-state index contributed by atoms with van der Waals surface area (Å²) in [5.74, 6) is 0.182. The van der Waals surface area contributed by atoms with Gasteiger partial charge in [-0.3, -0.25) is 9.59 Å². The Balaban J connectivity index is 2.05. The molecule has 1 aliphatic carbocycles. The Morgan fingerprint density at radius 3 is 2.38 bits per heavy atom. The van der Waals surface area contributed by atoms with Crippen LogP contribution in [0.2, 0.25) is 0 Å². The molecule has 26 heavy (non-hydrogen) atoms. The Morgan fingerprint density at radius 1 is 1.12 bits per heavy atom. The summed E-state index contributed by atoms with van der Waals surface area (Å²) in [6.07, 6.45) is 6.85. The lowest BCUT2D eigenvalue weighted by molar-refractivity contribution is -0.124. The van der Waals surface area contributed by atoms with Crippen LogP contribution in [0, 0.1) is 5.92 Å². The number of ether oxygens (including phenoxy) is 1. The molecule has 1 atom stereocenters. The van der Waals surface area contributed by atoms with E-state index in [0.717, 1.165) is 25.7 Å². The first-order valence-corrected chi connectivity index (χ1v) is 9.86. The molecule has 2 N–H and O–H groups in total. The third-order valence-corrected chi connectivity index (χ3v) is 4.87.